The van der Waals surface area contributed by atoms with Crippen molar-refractivity contribution >= 4 is 29.5 Å². The first kappa shape index (κ1) is 26.7. The van der Waals surface area contributed by atoms with Gasteiger partial charge in [-0.25, -0.2) is 9.97 Å². The van der Waals surface area contributed by atoms with Crippen LogP contribution in [-0.2, 0) is 28.2 Å². The summed E-state index contributed by atoms with van der Waals surface area (Å²) in [5, 5.41) is 0.680. The molecule has 0 spiro atoms. The van der Waals surface area contributed by atoms with Gasteiger partial charge in [0.1, 0.15) is 11.6 Å². The smallest absolute Gasteiger partial charge is 0.309 e. The van der Waals surface area contributed by atoms with Crippen molar-refractivity contribution in [2.75, 3.05) is 31.6 Å². The minimum absolute atomic E-state index is 0.136. The summed E-state index contributed by atoms with van der Waals surface area (Å²) in [7, 11) is 2.03. The summed E-state index contributed by atoms with van der Waals surface area (Å²) in [6.45, 7) is 6.06. The predicted octanol–water partition coefficient (Wildman–Crippen LogP) is 4.98. The number of likely N-dealkylation sites (tertiary alicyclic amines) is 1. The van der Waals surface area contributed by atoms with Crippen LogP contribution < -0.4 is 4.90 Å². The number of carbonyl (C=O) groups is 2. The van der Waals surface area contributed by atoms with E-state index in [2.05, 4.69) is 28.9 Å². The van der Waals surface area contributed by atoms with Gasteiger partial charge >= 0.3 is 5.97 Å². The number of hydrogen-bond acceptors (Lipinski definition) is 8. The fraction of sp³-hybridized carbons (Fsp3) is 0.429. The first-order chi connectivity index (χ1) is 18.0. The minimum atomic E-state index is -0.171. The molecule has 0 atom stereocenters. The Bertz CT molecular complexity index is 1190. The highest BCUT2D eigenvalue weighted by Gasteiger charge is 2.29. The van der Waals surface area contributed by atoms with E-state index in [4.69, 9.17) is 14.1 Å². The van der Waals surface area contributed by atoms with Crippen LogP contribution in [0.1, 0.15) is 54.3 Å². The summed E-state index contributed by atoms with van der Waals surface area (Å²) in [6, 6.07) is 15.9. The number of nitrogens with zero attached hydrogens (tertiary/aromatic N) is 4. The van der Waals surface area contributed by atoms with Crippen molar-refractivity contribution in [1.29, 1.82) is 0 Å². The number of rotatable bonds is 10. The highest BCUT2D eigenvalue weighted by molar-refractivity contribution is 7.98. The molecule has 0 radical (unpaired) electrons. The fourth-order valence-corrected chi connectivity index (χ4v) is 5.05. The quantitative estimate of drug-likeness (QED) is 0.209. The average Bonchev–Trinajstić information content (AvgIpc) is 3.41. The van der Waals surface area contributed by atoms with Crippen LogP contribution in [0.2, 0.25) is 0 Å². The monoisotopic (exact) mass is 522 g/mol. The third-order valence-corrected chi connectivity index (χ3v) is 7.25. The summed E-state index contributed by atoms with van der Waals surface area (Å²) in [4.78, 5) is 38.2. The van der Waals surface area contributed by atoms with Crippen LogP contribution in [-0.4, -0.2) is 53.5 Å². The molecule has 0 saturated carbocycles. The Morgan fingerprint density at radius 1 is 1.11 bits per heavy atom. The molecule has 9 heteroatoms. The van der Waals surface area contributed by atoms with E-state index in [0.29, 0.717) is 55.0 Å². The number of hydrogen-bond donors (Lipinski definition) is 0. The molecular weight excluding hydrogens is 488 g/mol. The summed E-state index contributed by atoms with van der Waals surface area (Å²) in [5.41, 5.74) is 2.20. The molecule has 8 nitrogen and oxygen atoms in total. The number of ether oxygens (including phenoxy) is 1. The first-order valence-corrected chi connectivity index (χ1v) is 13.8. The van der Waals surface area contributed by atoms with Gasteiger partial charge in [-0.05, 0) is 43.9 Å². The Kier molecular flexibility index (Phi) is 9.22. The molecule has 0 N–H and O–H groups in total. The minimum Gasteiger partial charge on any atom is -0.466 e. The number of esters is 1. The highest BCUT2D eigenvalue weighted by atomic mass is 32.2. The van der Waals surface area contributed by atoms with Gasteiger partial charge < -0.3 is 19.0 Å². The van der Waals surface area contributed by atoms with E-state index in [9.17, 15) is 9.59 Å². The molecule has 1 aromatic carbocycles. The second-order valence-electron chi connectivity index (χ2n) is 9.07. The molecule has 3 heterocycles. The lowest BCUT2D eigenvalue weighted by atomic mass is 9.97. The molecule has 0 bridgehead atoms. The lowest BCUT2D eigenvalue weighted by Gasteiger charge is -2.30. The molecular formula is C28H34N4O4S. The first-order valence-electron chi connectivity index (χ1n) is 12.8. The number of thioether (sulfide) groups is 1. The molecule has 1 amide bonds. The second kappa shape index (κ2) is 12.8. The topological polar surface area (TPSA) is 88.8 Å². The zero-order valence-corrected chi connectivity index (χ0v) is 22.5. The Morgan fingerprint density at radius 3 is 2.57 bits per heavy atom. The van der Waals surface area contributed by atoms with Crippen LogP contribution in [0, 0.1) is 5.92 Å². The van der Waals surface area contributed by atoms with Crippen molar-refractivity contribution in [2.24, 2.45) is 5.92 Å². The van der Waals surface area contributed by atoms with Crippen molar-refractivity contribution in [2.45, 2.75) is 50.6 Å². The largest absolute Gasteiger partial charge is 0.466 e. The number of furan rings is 1. The molecule has 0 aliphatic carbocycles. The van der Waals surface area contributed by atoms with Gasteiger partial charge in [0.25, 0.3) is 5.91 Å². The van der Waals surface area contributed by atoms with Crippen LogP contribution in [0.15, 0.2) is 58.1 Å². The summed E-state index contributed by atoms with van der Waals surface area (Å²) in [5.74, 6) is 1.95. The number of anilines is 1. The maximum Gasteiger partial charge on any atom is 0.309 e. The summed E-state index contributed by atoms with van der Waals surface area (Å²) in [6.07, 6.45) is 2.04. The average molecular weight is 523 g/mol. The normalized spacial score (nSPS) is 14.0. The molecule has 1 saturated heterocycles. The van der Waals surface area contributed by atoms with Crippen LogP contribution in [0.25, 0.3) is 0 Å². The number of carbonyl (C=O) groups excluding carboxylic acids is 2. The van der Waals surface area contributed by atoms with Crippen molar-refractivity contribution in [3.8, 4) is 0 Å². The Hall–Kier alpha value is -3.33. The van der Waals surface area contributed by atoms with E-state index in [1.807, 2.05) is 37.4 Å². The summed E-state index contributed by atoms with van der Waals surface area (Å²) >= 11 is 1.49. The van der Waals surface area contributed by atoms with Gasteiger partial charge in [-0.2, -0.15) is 0 Å². The third-order valence-electron chi connectivity index (χ3n) is 6.38. The van der Waals surface area contributed by atoms with E-state index < -0.39 is 0 Å². The summed E-state index contributed by atoms with van der Waals surface area (Å²) < 4.78 is 11.0. The predicted molar refractivity (Wildman–Crippen MR) is 143 cm³/mol. The van der Waals surface area contributed by atoms with Crippen LogP contribution in [0.3, 0.4) is 0 Å². The molecule has 3 aromatic rings. The zero-order chi connectivity index (χ0) is 26.2. The fourth-order valence-electron chi connectivity index (χ4n) is 4.28. The maximum atomic E-state index is 12.9. The number of benzene rings is 1. The number of amides is 1. The number of aromatic nitrogens is 2. The molecule has 37 heavy (non-hydrogen) atoms. The molecule has 2 aromatic heterocycles. The van der Waals surface area contributed by atoms with Gasteiger partial charge in [0.05, 0.1) is 18.3 Å². The van der Waals surface area contributed by atoms with E-state index in [1.54, 1.807) is 17.9 Å². The van der Waals surface area contributed by atoms with Gasteiger partial charge in [0, 0.05) is 38.4 Å². The Labute approximate surface area is 222 Å². The van der Waals surface area contributed by atoms with E-state index >= 15 is 0 Å². The van der Waals surface area contributed by atoms with Crippen molar-refractivity contribution in [3.05, 3.63) is 71.3 Å². The van der Waals surface area contributed by atoms with Gasteiger partial charge in [0.15, 0.2) is 10.9 Å². The van der Waals surface area contributed by atoms with Gasteiger partial charge in [-0.3, -0.25) is 9.59 Å². The molecule has 1 aliphatic rings. The molecule has 4 rings (SSSR count). The van der Waals surface area contributed by atoms with Crippen molar-refractivity contribution < 1.29 is 18.7 Å². The van der Waals surface area contributed by atoms with Crippen LogP contribution in [0.4, 0.5) is 5.82 Å². The van der Waals surface area contributed by atoms with Crippen LogP contribution in [0.5, 0.6) is 0 Å². The van der Waals surface area contributed by atoms with E-state index in [-0.39, 0.29) is 17.8 Å². The van der Waals surface area contributed by atoms with E-state index in [1.165, 1.54) is 17.3 Å². The van der Waals surface area contributed by atoms with Gasteiger partial charge in [0.2, 0.25) is 0 Å². The molecule has 0 unspecified atom stereocenters. The number of aryl methyl sites for hydroxylation is 1. The van der Waals surface area contributed by atoms with Crippen molar-refractivity contribution in [3.63, 3.8) is 0 Å². The van der Waals surface area contributed by atoms with Gasteiger partial charge in [-0.15, -0.1) is 0 Å². The molecule has 196 valence electrons. The van der Waals surface area contributed by atoms with Gasteiger partial charge in [-0.1, -0.05) is 49.0 Å². The van der Waals surface area contributed by atoms with Crippen LogP contribution >= 0.6 is 11.8 Å². The Morgan fingerprint density at radius 2 is 1.86 bits per heavy atom. The standard InChI is InChI=1S/C28H34N4O4S/c1-4-22-17-25(31(3)18-20-9-7-6-8-10-20)30-28(29-22)37-19-23-11-12-24(36-23)26(33)32-15-13-21(14-16-32)27(34)35-5-2/h6-12,17,21H,4-5,13-16,18-19H2,1-3H3. The molecule has 1 fully saturated rings. The number of piperidine rings is 1. The van der Waals surface area contributed by atoms with Crippen molar-refractivity contribution in [1.82, 2.24) is 14.9 Å². The van der Waals surface area contributed by atoms with E-state index in [0.717, 1.165) is 24.5 Å². The molecule has 1 aliphatic heterocycles. The lowest BCUT2D eigenvalue weighted by molar-refractivity contribution is -0.149. The zero-order valence-electron chi connectivity index (χ0n) is 21.7. The lowest BCUT2D eigenvalue weighted by Crippen LogP contribution is -2.40. The maximum absolute atomic E-state index is 12.9. The highest BCUT2D eigenvalue weighted by Crippen LogP contribution is 2.26. The Balaban J connectivity index is 1.35. The third kappa shape index (κ3) is 7.13. The second-order valence-corrected chi connectivity index (χ2v) is 10.0. The SMILES string of the molecule is CCOC(=O)C1CCN(C(=O)c2ccc(CSc3nc(CC)cc(N(C)Cc4ccccc4)n3)o2)CC1.